The summed E-state index contributed by atoms with van der Waals surface area (Å²) in [5, 5.41) is 7.81. The fourth-order valence-electron chi connectivity index (χ4n) is 3.04. The van der Waals surface area contributed by atoms with Gasteiger partial charge in [-0.3, -0.25) is 5.41 Å². The molecule has 110 valence electrons. The summed E-state index contributed by atoms with van der Waals surface area (Å²) in [6.07, 6.45) is 4.91. The van der Waals surface area contributed by atoms with E-state index in [9.17, 15) is 0 Å². The number of nitrogen functional groups attached to an aromatic ring is 1. The molecule has 2 rings (SSSR count). The van der Waals surface area contributed by atoms with Crippen LogP contribution in [0.2, 0.25) is 0 Å². The van der Waals surface area contributed by atoms with E-state index >= 15 is 0 Å². The summed E-state index contributed by atoms with van der Waals surface area (Å²) in [6.45, 7) is 4.70. The zero-order valence-corrected chi connectivity index (χ0v) is 14.1. The minimum atomic E-state index is 0.121. The second-order valence-corrected chi connectivity index (χ2v) is 7.41. The molecule has 3 N–H and O–H groups in total. The Balaban J connectivity index is 2.24. The number of hydrogen-bond acceptors (Lipinski definition) is 2. The molecule has 0 heterocycles. The average Bonchev–Trinajstić information content (AvgIpc) is 2.37. The molecule has 0 radical (unpaired) electrons. The molecule has 1 aliphatic carbocycles. The number of halogens is 1. The van der Waals surface area contributed by atoms with Gasteiger partial charge in [0, 0.05) is 23.2 Å². The van der Waals surface area contributed by atoms with E-state index in [2.05, 4.69) is 47.8 Å². The smallest absolute Gasteiger partial charge is 0.126 e. The number of hydrogen-bond donors (Lipinski definition) is 2. The second kappa shape index (κ2) is 5.76. The predicted octanol–water partition coefficient (Wildman–Crippen LogP) is 4.14. The molecule has 0 atom stereocenters. The third kappa shape index (κ3) is 3.17. The molecule has 0 saturated heterocycles. The Hall–Kier alpha value is -1.03. The zero-order valence-electron chi connectivity index (χ0n) is 12.5. The quantitative estimate of drug-likeness (QED) is 0.643. The lowest BCUT2D eigenvalue weighted by molar-refractivity contribution is 0.222. The Labute approximate surface area is 130 Å². The van der Waals surface area contributed by atoms with Crippen LogP contribution in [0, 0.1) is 10.8 Å². The molecule has 1 aliphatic rings. The SMILES string of the molecule is CN(c1cccc(Br)c1C(=N)N)C1CCC(C)(C)CC1. The van der Waals surface area contributed by atoms with Crippen LogP contribution in [0.1, 0.15) is 45.1 Å². The van der Waals surface area contributed by atoms with Crippen molar-refractivity contribution in [2.75, 3.05) is 11.9 Å². The van der Waals surface area contributed by atoms with E-state index in [1.165, 1.54) is 25.7 Å². The highest BCUT2D eigenvalue weighted by molar-refractivity contribution is 9.10. The summed E-state index contributed by atoms with van der Waals surface area (Å²) >= 11 is 3.51. The Kier molecular flexibility index (Phi) is 4.43. The van der Waals surface area contributed by atoms with Gasteiger partial charge in [-0.25, -0.2) is 0 Å². The molecule has 0 unspecified atom stereocenters. The molecule has 0 spiro atoms. The van der Waals surface area contributed by atoms with Gasteiger partial charge in [0.2, 0.25) is 0 Å². The largest absolute Gasteiger partial charge is 0.384 e. The number of nitrogens with one attached hydrogen (secondary N) is 1. The maximum atomic E-state index is 7.81. The summed E-state index contributed by atoms with van der Waals surface area (Å²) in [4.78, 5) is 2.30. The fraction of sp³-hybridized carbons (Fsp3) is 0.562. The van der Waals surface area contributed by atoms with E-state index in [1.54, 1.807) is 0 Å². The summed E-state index contributed by atoms with van der Waals surface area (Å²) in [6, 6.07) is 6.55. The van der Waals surface area contributed by atoms with Gasteiger partial charge in [0.1, 0.15) is 5.84 Å². The topological polar surface area (TPSA) is 53.1 Å². The van der Waals surface area contributed by atoms with Crippen molar-refractivity contribution in [1.82, 2.24) is 0 Å². The van der Waals surface area contributed by atoms with Crippen molar-refractivity contribution < 1.29 is 0 Å². The molecule has 1 aromatic carbocycles. The average molecular weight is 338 g/mol. The number of nitrogens with zero attached hydrogens (tertiary/aromatic N) is 1. The van der Waals surface area contributed by atoms with Gasteiger partial charge < -0.3 is 10.6 Å². The Morgan fingerprint density at radius 1 is 1.35 bits per heavy atom. The van der Waals surface area contributed by atoms with Gasteiger partial charge in [-0.2, -0.15) is 0 Å². The first kappa shape index (κ1) is 15.4. The molecule has 20 heavy (non-hydrogen) atoms. The Morgan fingerprint density at radius 3 is 2.50 bits per heavy atom. The third-order valence-corrected chi connectivity index (χ3v) is 5.16. The van der Waals surface area contributed by atoms with Crippen LogP contribution < -0.4 is 10.6 Å². The normalized spacial score (nSPS) is 18.8. The van der Waals surface area contributed by atoms with E-state index in [0.717, 1.165) is 15.7 Å². The zero-order chi connectivity index (χ0) is 14.9. The first-order valence-corrected chi connectivity index (χ1v) is 7.97. The molecular formula is C16H24BrN3. The summed E-state index contributed by atoms with van der Waals surface area (Å²) in [5.41, 5.74) is 8.08. The first-order valence-electron chi connectivity index (χ1n) is 7.17. The number of benzene rings is 1. The number of anilines is 1. The van der Waals surface area contributed by atoms with E-state index in [0.29, 0.717) is 11.5 Å². The Bertz CT molecular complexity index is 500. The third-order valence-electron chi connectivity index (χ3n) is 4.50. The number of amidine groups is 1. The van der Waals surface area contributed by atoms with Gasteiger partial charge in [-0.05, 0) is 59.2 Å². The van der Waals surface area contributed by atoms with Crippen LogP contribution in [0.5, 0.6) is 0 Å². The van der Waals surface area contributed by atoms with E-state index in [4.69, 9.17) is 11.1 Å². The molecule has 1 fully saturated rings. The van der Waals surface area contributed by atoms with Gasteiger partial charge in [-0.15, -0.1) is 0 Å². The van der Waals surface area contributed by atoms with Crippen molar-refractivity contribution in [1.29, 1.82) is 5.41 Å². The van der Waals surface area contributed by atoms with E-state index < -0.39 is 0 Å². The maximum absolute atomic E-state index is 7.81. The van der Waals surface area contributed by atoms with Crippen LogP contribution >= 0.6 is 15.9 Å². The second-order valence-electron chi connectivity index (χ2n) is 6.55. The van der Waals surface area contributed by atoms with Crippen molar-refractivity contribution in [3.8, 4) is 0 Å². The minimum absolute atomic E-state index is 0.121. The number of rotatable bonds is 3. The molecule has 1 saturated carbocycles. The highest BCUT2D eigenvalue weighted by Gasteiger charge is 2.29. The molecule has 0 aliphatic heterocycles. The van der Waals surface area contributed by atoms with E-state index in [1.807, 2.05) is 12.1 Å². The lowest BCUT2D eigenvalue weighted by Gasteiger charge is -2.40. The van der Waals surface area contributed by atoms with Gasteiger partial charge in [0.05, 0.1) is 5.56 Å². The summed E-state index contributed by atoms with van der Waals surface area (Å²) in [5.74, 6) is 0.121. The number of nitrogens with two attached hydrogens (primary N) is 1. The lowest BCUT2D eigenvalue weighted by atomic mass is 9.75. The summed E-state index contributed by atoms with van der Waals surface area (Å²) < 4.78 is 0.894. The summed E-state index contributed by atoms with van der Waals surface area (Å²) in [7, 11) is 2.12. The minimum Gasteiger partial charge on any atom is -0.384 e. The van der Waals surface area contributed by atoms with Crippen molar-refractivity contribution in [2.45, 2.75) is 45.6 Å². The van der Waals surface area contributed by atoms with Crippen molar-refractivity contribution >= 4 is 27.5 Å². The van der Waals surface area contributed by atoms with Crippen LogP contribution in [0.25, 0.3) is 0 Å². The highest BCUT2D eigenvalue weighted by atomic mass is 79.9. The van der Waals surface area contributed by atoms with Gasteiger partial charge >= 0.3 is 0 Å². The van der Waals surface area contributed by atoms with Crippen molar-refractivity contribution in [3.63, 3.8) is 0 Å². The molecular weight excluding hydrogens is 314 g/mol. The molecule has 4 heteroatoms. The first-order chi connectivity index (χ1) is 9.32. The van der Waals surface area contributed by atoms with Crippen LogP contribution in [0.3, 0.4) is 0 Å². The van der Waals surface area contributed by atoms with Crippen LogP contribution in [0.15, 0.2) is 22.7 Å². The lowest BCUT2D eigenvalue weighted by Crippen LogP contribution is -2.38. The highest BCUT2D eigenvalue weighted by Crippen LogP contribution is 2.38. The molecule has 0 bridgehead atoms. The van der Waals surface area contributed by atoms with Gasteiger partial charge in [-0.1, -0.05) is 19.9 Å². The van der Waals surface area contributed by atoms with Gasteiger partial charge in [0.15, 0.2) is 0 Å². The van der Waals surface area contributed by atoms with Crippen LogP contribution in [-0.4, -0.2) is 18.9 Å². The Morgan fingerprint density at radius 2 is 1.95 bits per heavy atom. The van der Waals surface area contributed by atoms with Crippen LogP contribution in [0.4, 0.5) is 5.69 Å². The monoisotopic (exact) mass is 337 g/mol. The standard InChI is InChI=1S/C16H24BrN3/c1-16(2)9-7-11(8-10-16)20(3)13-6-4-5-12(17)14(13)15(18)19/h4-6,11H,7-10H2,1-3H3,(H3,18,19). The molecule has 3 nitrogen and oxygen atoms in total. The maximum Gasteiger partial charge on any atom is 0.126 e. The molecule has 0 amide bonds. The van der Waals surface area contributed by atoms with Crippen molar-refractivity contribution in [2.24, 2.45) is 11.1 Å². The van der Waals surface area contributed by atoms with Gasteiger partial charge in [0.25, 0.3) is 0 Å². The van der Waals surface area contributed by atoms with Crippen molar-refractivity contribution in [3.05, 3.63) is 28.2 Å². The van der Waals surface area contributed by atoms with E-state index in [-0.39, 0.29) is 5.84 Å². The molecule has 1 aromatic rings. The predicted molar refractivity (Wildman–Crippen MR) is 89.6 cm³/mol. The molecule has 0 aromatic heterocycles. The fourth-order valence-corrected chi connectivity index (χ4v) is 3.61. The van der Waals surface area contributed by atoms with Crippen LogP contribution in [-0.2, 0) is 0 Å².